The molecule has 3 aromatic rings. The molecule has 0 fully saturated rings. The maximum absolute atomic E-state index is 12.0. The molecule has 0 radical (unpaired) electrons. The Bertz CT molecular complexity index is 1020. The van der Waals surface area contributed by atoms with Gasteiger partial charge in [0, 0.05) is 30.6 Å². The largest absolute Gasteiger partial charge is 0.454 e. The highest BCUT2D eigenvalue weighted by Crippen LogP contribution is 2.40. The van der Waals surface area contributed by atoms with Gasteiger partial charge in [-0.25, -0.2) is 4.98 Å². The molecular formula is C20H16ClN3O3S. The van der Waals surface area contributed by atoms with E-state index >= 15 is 0 Å². The summed E-state index contributed by atoms with van der Waals surface area (Å²) in [6.07, 6.45) is 5.56. The van der Waals surface area contributed by atoms with Gasteiger partial charge in [-0.15, -0.1) is 11.3 Å². The van der Waals surface area contributed by atoms with E-state index in [1.807, 2.05) is 23.6 Å². The zero-order chi connectivity index (χ0) is 19.3. The molecule has 0 aliphatic carbocycles. The van der Waals surface area contributed by atoms with E-state index in [1.165, 1.54) is 6.08 Å². The minimum absolute atomic E-state index is 0.154. The topological polar surface area (TPSA) is 73.3 Å². The Morgan fingerprint density at radius 1 is 1.29 bits per heavy atom. The summed E-state index contributed by atoms with van der Waals surface area (Å²) >= 11 is 7.70. The van der Waals surface area contributed by atoms with E-state index in [0.29, 0.717) is 29.5 Å². The minimum atomic E-state index is -0.185. The van der Waals surface area contributed by atoms with Crippen molar-refractivity contribution in [2.75, 3.05) is 13.3 Å². The second kappa shape index (κ2) is 8.41. The number of fused-ring (bicyclic) bond motifs is 1. The average Bonchev–Trinajstić information content (AvgIpc) is 3.37. The molecule has 1 aromatic carbocycles. The van der Waals surface area contributed by atoms with Crippen LogP contribution in [0.5, 0.6) is 11.5 Å². The van der Waals surface area contributed by atoms with Crippen LogP contribution >= 0.6 is 22.9 Å². The van der Waals surface area contributed by atoms with E-state index in [4.69, 9.17) is 21.1 Å². The lowest BCUT2D eigenvalue weighted by Crippen LogP contribution is -2.23. The highest BCUT2D eigenvalue weighted by Gasteiger charge is 2.17. The quantitative estimate of drug-likeness (QED) is 0.619. The molecule has 0 saturated heterocycles. The first-order chi connectivity index (χ1) is 13.7. The zero-order valence-corrected chi connectivity index (χ0v) is 16.3. The molecule has 4 rings (SSSR count). The lowest BCUT2D eigenvalue weighted by Gasteiger charge is -2.02. The van der Waals surface area contributed by atoms with Gasteiger partial charge in [-0.3, -0.25) is 9.78 Å². The molecule has 1 N–H and O–H groups in total. The molecule has 8 heteroatoms. The predicted molar refractivity (Wildman–Crippen MR) is 109 cm³/mol. The fraction of sp³-hybridized carbons (Fsp3) is 0.150. The Labute approximate surface area is 170 Å². The molecule has 6 nitrogen and oxygen atoms in total. The molecule has 0 bridgehead atoms. The molecule has 1 amide bonds. The van der Waals surface area contributed by atoms with Crippen LogP contribution in [-0.2, 0) is 11.2 Å². The van der Waals surface area contributed by atoms with E-state index in [-0.39, 0.29) is 12.7 Å². The lowest BCUT2D eigenvalue weighted by molar-refractivity contribution is -0.116. The summed E-state index contributed by atoms with van der Waals surface area (Å²) in [5.41, 5.74) is 2.47. The second-order valence-corrected chi connectivity index (χ2v) is 7.30. The molecule has 0 saturated carbocycles. The van der Waals surface area contributed by atoms with Crippen molar-refractivity contribution >= 4 is 34.9 Å². The van der Waals surface area contributed by atoms with Crippen LogP contribution in [0.25, 0.3) is 17.5 Å². The van der Waals surface area contributed by atoms with Gasteiger partial charge in [-0.05, 0) is 35.9 Å². The van der Waals surface area contributed by atoms with Crippen molar-refractivity contribution in [3.8, 4) is 22.9 Å². The Kier molecular flexibility index (Phi) is 5.55. The molecule has 1 aliphatic rings. The third kappa shape index (κ3) is 4.32. The van der Waals surface area contributed by atoms with Crippen molar-refractivity contribution in [2.24, 2.45) is 0 Å². The van der Waals surface area contributed by atoms with Crippen molar-refractivity contribution in [2.45, 2.75) is 6.42 Å². The van der Waals surface area contributed by atoms with Crippen molar-refractivity contribution < 1.29 is 14.3 Å². The number of nitrogens with one attached hydrogen (secondary N) is 1. The van der Waals surface area contributed by atoms with Crippen LogP contribution in [0.1, 0.15) is 10.6 Å². The van der Waals surface area contributed by atoms with Gasteiger partial charge in [-0.1, -0.05) is 17.7 Å². The molecule has 0 spiro atoms. The van der Waals surface area contributed by atoms with Crippen molar-refractivity contribution in [3.63, 3.8) is 0 Å². The molecule has 28 heavy (non-hydrogen) atoms. The van der Waals surface area contributed by atoms with Gasteiger partial charge >= 0.3 is 0 Å². The summed E-state index contributed by atoms with van der Waals surface area (Å²) in [4.78, 5) is 20.9. The molecule has 0 unspecified atom stereocenters. The maximum Gasteiger partial charge on any atom is 0.244 e. The molecule has 3 heterocycles. The number of rotatable bonds is 6. The second-order valence-electron chi connectivity index (χ2n) is 5.95. The van der Waals surface area contributed by atoms with Gasteiger partial charge in [-0.2, -0.15) is 0 Å². The molecule has 1 aliphatic heterocycles. The first-order valence-electron chi connectivity index (χ1n) is 8.60. The van der Waals surface area contributed by atoms with Crippen LogP contribution in [0.15, 0.2) is 48.0 Å². The number of hydrogen-bond donors (Lipinski definition) is 1. The van der Waals surface area contributed by atoms with Crippen LogP contribution in [0, 0.1) is 0 Å². The molecular weight excluding hydrogens is 398 g/mol. The summed E-state index contributed by atoms with van der Waals surface area (Å²) < 4.78 is 10.6. The monoisotopic (exact) mass is 413 g/mol. The van der Waals surface area contributed by atoms with E-state index in [9.17, 15) is 4.79 Å². The van der Waals surface area contributed by atoms with E-state index < -0.39 is 0 Å². The number of nitrogens with zero attached hydrogens (tertiary/aromatic N) is 2. The third-order valence-electron chi connectivity index (χ3n) is 3.99. The number of carbonyl (C=O) groups is 1. The summed E-state index contributed by atoms with van der Waals surface area (Å²) in [5.74, 6) is 0.937. The molecule has 2 aromatic heterocycles. The van der Waals surface area contributed by atoms with Gasteiger partial charge in [0.2, 0.25) is 12.7 Å². The van der Waals surface area contributed by atoms with Crippen molar-refractivity contribution in [1.29, 1.82) is 0 Å². The highest BCUT2D eigenvalue weighted by molar-refractivity contribution is 7.09. The van der Waals surface area contributed by atoms with E-state index in [2.05, 4.69) is 15.3 Å². The normalized spacial score (nSPS) is 12.5. The number of hydrogen-bond acceptors (Lipinski definition) is 6. The van der Waals surface area contributed by atoms with Crippen molar-refractivity contribution in [3.05, 3.63) is 63.6 Å². The third-order valence-corrected chi connectivity index (χ3v) is 5.18. The van der Waals surface area contributed by atoms with Gasteiger partial charge in [0.15, 0.2) is 11.5 Å². The number of ether oxygens (including phenoxy) is 2. The highest BCUT2D eigenvalue weighted by atomic mass is 35.5. The first kappa shape index (κ1) is 18.5. The first-order valence-corrected chi connectivity index (χ1v) is 9.86. The van der Waals surface area contributed by atoms with E-state index in [1.54, 1.807) is 35.7 Å². The van der Waals surface area contributed by atoms with Crippen molar-refractivity contribution in [1.82, 2.24) is 15.3 Å². The lowest BCUT2D eigenvalue weighted by atomic mass is 10.2. The van der Waals surface area contributed by atoms with Gasteiger partial charge < -0.3 is 14.8 Å². The minimum Gasteiger partial charge on any atom is -0.454 e. The fourth-order valence-corrected chi connectivity index (χ4v) is 3.73. The number of thiazole rings is 1. The molecule has 0 atom stereocenters. The number of halogens is 1. The number of amides is 1. The smallest absolute Gasteiger partial charge is 0.244 e. The number of pyridine rings is 1. The Morgan fingerprint density at radius 2 is 2.21 bits per heavy atom. The summed E-state index contributed by atoms with van der Waals surface area (Å²) in [6.45, 7) is 0.655. The summed E-state index contributed by atoms with van der Waals surface area (Å²) in [6, 6.07) is 9.24. The van der Waals surface area contributed by atoms with E-state index in [0.717, 1.165) is 22.0 Å². The predicted octanol–water partition coefficient (Wildman–Crippen LogP) is 3.96. The van der Waals surface area contributed by atoms with Gasteiger partial charge in [0.1, 0.15) is 0 Å². The fourth-order valence-electron chi connectivity index (χ4n) is 2.66. The number of benzene rings is 1. The Morgan fingerprint density at radius 3 is 3.07 bits per heavy atom. The van der Waals surface area contributed by atoms with Gasteiger partial charge in [0.25, 0.3) is 0 Å². The van der Waals surface area contributed by atoms with Crippen LogP contribution < -0.4 is 14.8 Å². The standard InChI is InChI=1S/C20H16ClN3O3S/c21-14-9-13(10-17-20(14)27-12-26-17)4-5-18(25)23-8-6-19-24-16(11-28-19)15-3-1-2-7-22-15/h1-5,7,9-11H,6,8,12H2,(H,23,25)/b5-4+. The molecule has 142 valence electrons. The Balaban J connectivity index is 1.29. The van der Waals surface area contributed by atoms with Crippen LogP contribution in [0.2, 0.25) is 5.02 Å². The number of aromatic nitrogens is 2. The number of carbonyl (C=O) groups excluding carboxylic acids is 1. The summed E-state index contributed by atoms with van der Waals surface area (Å²) in [5, 5.41) is 6.24. The average molecular weight is 414 g/mol. The SMILES string of the molecule is O=C(/C=C/c1cc(Cl)c2c(c1)OCO2)NCCc1nc(-c2ccccn2)cs1. The van der Waals surface area contributed by atoms with Gasteiger partial charge in [0.05, 0.1) is 21.4 Å². The zero-order valence-electron chi connectivity index (χ0n) is 14.7. The van der Waals surface area contributed by atoms with Crippen LogP contribution in [0.4, 0.5) is 0 Å². The maximum atomic E-state index is 12.0. The van der Waals surface area contributed by atoms with Crippen LogP contribution in [0.3, 0.4) is 0 Å². The Hall–Kier alpha value is -2.90. The summed E-state index contributed by atoms with van der Waals surface area (Å²) in [7, 11) is 0. The van der Waals surface area contributed by atoms with Crippen LogP contribution in [-0.4, -0.2) is 29.2 Å².